The monoisotopic (exact) mass is 307 g/mol. The van der Waals surface area contributed by atoms with E-state index in [4.69, 9.17) is 4.74 Å². The minimum absolute atomic E-state index is 0.274. The van der Waals surface area contributed by atoms with Gasteiger partial charge in [-0.1, -0.05) is 37.3 Å². The van der Waals surface area contributed by atoms with Gasteiger partial charge in [-0.3, -0.25) is 4.79 Å². The van der Waals surface area contributed by atoms with Gasteiger partial charge in [0.1, 0.15) is 6.04 Å². The van der Waals surface area contributed by atoms with Crippen molar-refractivity contribution in [3.05, 3.63) is 35.9 Å². The molecule has 1 aromatic carbocycles. The molecule has 1 aliphatic heterocycles. The first-order chi connectivity index (χ1) is 10.2. The van der Waals surface area contributed by atoms with Gasteiger partial charge in [0.15, 0.2) is 0 Å². The van der Waals surface area contributed by atoms with Crippen molar-refractivity contribution >= 4 is 23.7 Å². The molecule has 1 unspecified atom stereocenters. The fourth-order valence-electron chi connectivity index (χ4n) is 2.15. The van der Waals surface area contributed by atoms with Crippen molar-refractivity contribution in [3.8, 4) is 0 Å². The van der Waals surface area contributed by atoms with Gasteiger partial charge >= 0.3 is 11.9 Å². The third-order valence-corrected chi connectivity index (χ3v) is 4.70. The predicted octanol–water partition coefficient (Wildman–Crippen LogP) is 2.38. The summed E-state index contributed by atoms with van der Waals surface area (Å²) in [6.07, 6.45) is 1.71. The zero-order valence-electron chi connectivity index (χ0n) is 12.2. The fourth-order valence-corrected chi connectivity index (χ4v) is 3.19. The minimum Gasteiger partial charge on any atom is -0.392 e. The first kappa shape index (κ1) is 16.0. The van der Waals surface area contributed by atoms with Crippen LogP contribution < -0.4 is 5.32 Å². The molecule has 0 aromatic heterocycles. The molecule has 114 valence electrons. The van der Waals surface area contributed by atoms with Crippen LogP contribution in [0.5, 0.6) is 0 Å². The van der Waals surface area contributed by atoms with Crippen molar-refractivity contribution < 1.29 is 14.3 Å². The Morgan fingerprint density at radius 2 is 2.14 bits per heavy atom. The molecule has 0 spiro atoms. The summed E-state index contributed by atoms with van der Waals surface area (Å²) in [5.74, 6) is 0.381. The summed E-state index contributed by atoms with van der Waals surface area (Å²) in [5.41, 5.74) is 1.23. The second kappa shape index (κ2) is 8.20. The summed E-state index contributed by atoms with van der Waals surface area (Å²) in [6, 6.07) is 9.80. The molecular formula is C16H21NO3S. The Hall–Kier alpha value is -1.33. The number of benzene rings is 1. The number of carbonyl (C=O) groups is 2. The SMILES string of the molecule is CC(CSCc1ccccc1)C(=O)OC(=O)[C@@H]1CCCN1. The van der Waals surface area contributed by atoms with Crippen LogP contribution in [0.15, 0.2) is 30.3 Å². The summed E-state index contributed by atoms with van der Waals surface area (Å²) in [5, 5.41) is 3.03. The molecule has 0 radical (unpaired) electrons. The zero-order chi connectivity index (χ0) is 15.1. The molecule has 1 fully saturated rings. The molecule has 0 amide bonds. The van der Waals surface area contributed by atoms with Gasteiger partial charge in [-0.25, -0.2) is 4.79 Å². The molecule has 21 heavy (non-hydrogen) atoms. The Morgan fingerprint density at radius 1 is 1.38 bits per heavy atom. The topological polar surface area (TPSA) is 55.4 Å². The lowest BCUT2D eigenvalue weighted by atomic mass is 10.2. The largest absolute Gasteiger partial charge is 0.392 e. The van der Waals surface area contributed by atoms with E-state index in [2.05, 4.69) is 17.4 Å². The Bertz CT molecular complexity index is 472. The van der Waals surface area contributed by atoms with E-state index in [-0.39, 0.29) is 12.0 Å². The number of ether oxygens (including phenoxy) is 1. The number of rotatable bonds is 6. The average molecular weight is 307 g/mol. The van der Waals surface area contributed by atoms with Gasteiger partial charge in [-0.05, 0) is 24.9 Å². The summed E-state index contributed by atoms with van der Waals surface area (Å²) >= 11 is 1.67. The van der Waals surface area contributed by atoms with Crippen LogP contribution in [0.25, 0.3) is 0 Å². The number of esters is 2. The predicted molar refractivity (Wildman–Crippen MR) is 83.9 cm³/mol. The number of carbonyl (C=O) groups excluding carboxylic acids is 2. The first-order valence-electron chi connectivity index (χ1n) is 7.27. The van der Waals surface area contributed by atoms with Gasteiger partial charge in [0.25, 0.3) is 0 Å². The van der Waals surface area contributed by atoms with E-state index >= 15 is 0 Å². The molecule has 0 saturated carbocycles. The van der Waals surface area contributed by atoms with Crippen LogP contribution >= 0.6 is 11.8 Å². The van der Waals surface area contributed by atoms with Gasteiger partial charge in [-0.15, -0.1) is 0 Å². The molecule has 2 rings (SSSR count). The van der Waals surface area contributed by atoms with E-state index < -0.39 is 11.9 Å². The number of thioether (sulfide) groups is 1. The maximum Gasteiger partial charge on any atom is 0.330 e. The molecule has 0 aliphatic carbocycles. The maximum atomic E-state index is 11.9. The van der Waals surface area contributed by atoms with E-state index in [0.717, 1.165) is 25.1 Å². The Balaban J connectivity index is 1.68. The Labute approximate surface area is 129 Å². The van der Waals surface area contributed by atoms with Gasteiger partial charge in [0.05, 0.1) is 5.92 Å². The Morgan fingerprint density at radius 3 is 2.81 bits per heavy atom. The highest BCUT2D eigenvalue weighted by Gasteiger charge is 2.27. The van der Waals surface area contributed by atoms with E-state index in [1.165, 1.54) is 5.56 Å². The van der Waals surface area contributed by atoms with Crippen molar-refractivity contribution in [3.63, 3.8) is 0 Å². The molecule has 0 bridgehead atoms. The van der Waals surface area contributed by atoms with Crippen molar-refractivity contribution in [2.24, 2.45) is 5.92 Å². The molecule has 1 aliphatic rings. The average Bonchev–Trinajstić information content (AvgIpc) is 3.02. The van der Waals surface area contributed by atoms with Crippen molar-refractivity contribution in [2.75, 3.05) is 12.3 Å². The summed E-state index contributed by atoms with van der Waals surface area (Å²) in [7, 11) is 0. The van der Waals surface area contributed by atoms with Crippen LogP contribution in [0.4, 0.5) is 0 Å². The second-order valence-corrected chi connectivity index (χ2v) is 6.32. The molecular weight excluding hydrogens is 286 g/mol. The standard InChI is InChI=1S/C16H21NO3S/c1-12(10-21-11-13-6-3-2-4-7-13)15(18)20-16(19)14-8-5-9-17-14/h2-4,6-7,12,14,17H,5,8-11H2,1H3/t12?,14-/m0/s1. The van der Waals surface area contributed by atoms with E-state index in [0.29, 0.717) is 5.75 Å². The Kier molecular flexibility index (Phi) is 6.26. The number of hydrogen-bond acceptors (Lipinski definition) is 5. The lowest BCUT2D eigenvalue weighted by molar-refractivity contribution is -0.163. The molecule has 1 N–H and O–H groups in total. The number of hydrogen-bond donors (Lipinski definition) is 1. The van der Waals surface area contributed by atoms with Crippen molar-refractivity contribution in [1.82, 2.24) is 5.32 Å². The van der Waals surface area contributed by atoms with Crippen molar-refractivity contribution in [1.29, 1.82) is 0 Å². The first-order valence-corrected chi connectivity index (χ1v) is 8.43. The van der Waals surface area contributed by atoms with Gasteiger partial charge < -0.3 is 10.1 Å². The quantitative estimate of drug-likeness (QED) is 0.646. The summed E-state index contributed by atoms with van der Waals surface area (Å²) in [6.45, 7) is 2.62. The third-order valence-electron chi connectivity index (χ3n) is 3.43. The molecule has 4 nitrogen and oxygen atoms in total. The highest BCUT2D eigenvalue weighted by Crippen LogP contribution is 2.16. The molecule has 5 heteroatoms. The second-order valence-electron chi connectivity index (χ2n) is 5.29. The fraction of sp³-hybridized carbons (Fsp3) is 0.500. The van der Waals surface area contributed by atoms with Gasteiger partial charge in [0.2, 0.25) is 0 Å². The zero-order valence-corrected chi connectivity index (χ0v) is 13.0. The van der Waals surface area contributed by atoms with Crippen molar-refractivity contribution in [2.45, 2.75) is 31.6 Å². The van der Waals surface area contributed by atoms with Crippen LogP contribution in [0.3, 0.4) is 0 Å². The summed E-state index contributed by atoms with van der Waals surface area (Å²) < 4.78 is 4.95. The molecule has 1 heterocycles. The molecule has 1 aromatic rings. The summed E-state index contributed by atoms with van der Waals surface area (Å²) in [4.78, 5) is 23.6. The minimum atomic E-state index is -0.433. The van der Waals surface area contributed by atoms with Crippen LogP contribution in [0, 0.1) is 5.92 Å². The van der Waals surface area contributed by atoms with Crippen LogP contribution in [-0.4, -0.2) is 30.3 Å². The smallest absolute Gasteiger partial charge is 0.330 e. The normalized spacial score (nSPS) is 19.2. The maximum absolute atomic E-state index is 11.9. The van der Waals surface area contributed by atoms with E-state index in [9.17, 15) is 9.59 Å². The highest BCUT2D eigenvalue weighted by molar-refractivity contribution is 7.98. The lowest BCUT2D eigenvalue weighted by Gasteiger charge is -2.12. The molecule has 2 atom stereocenters. The van der Waals surface area contributed by atoms with Gasteiger partial charge in [-0.2, -0.15) is 11.8 Å². The van der Waals surface area contributed by atoms with Crippen LogP contribution in [0.1, 0.15) is 25.3 Å². The molecule has 1 saturated heterocycles. The van der Waals surface area contributed by atoms with Crippen LogP contribution in [-0.2, 0) is 20.1 Å². The third kappa shape index (κ3) is 5.17. The van der Waals surface area contributed by atoms with Crippen LogP contribution in [0.2, 0.25) is 0 Å². The van der Waals surface area contributed by atoms with Gasteiger partial charge in [0, 0.05) is 11.5 Å². The number of nitrogens with one attached hydrogen (secondary N) is 1. The van der Waals surface area contributed by atoms with E-state index in [1.807, 2.05) is 18.2 Å². The highest BCUT2D eigenvalue weighted by atomic mass is 32.2. The lowest BCUT2D eigenvalue weighted by Crippen LogP contribution is -2.35. The van der Waals surface area contributed by atoms with E-state index in [1.54, 1.807) is 18.7 Å².